The maximum atomic E-state index is 10.9. The Morgan fingerprint density at radius 1 is 1.35 bits per heavy atom. The summed E-state index contributed by atoms with van der Waals surface area (Å²) in [6.45, 7) is 4.93. The third kappa shape index (κ3) is 3.42. The van der Waals surface area contributed by atoms with Crippen LogP contribution in [0, 0.1) is 24.0 Å². The van der Waals surface area contributed by atoms with Crippen molar-refractivity contribution in [1.29, 1.82) is 0 Å². The van der Waals surface area contributed by atoms with Crippen molar-refractivity contribution in [1.82, 2.24) is 10.3 Å². The highest BCUT2D eigenvalue weighted by Gasteiger charge is 2.11. The molecule has 0 atom stereocenters. The third-order valence-corrected chi connectivity index (χ3v) is 3.11. The molecule has 0 saturated heterocycles. The molecule has 0 aliphatic carbocycles. The molecule has 0 radical (unpaired) electrons. The molecule has 6 nitrogen and oxygen atoms in total. The summed E-state index contributed by atoms with van der Waals surface area (Å²) in [5.41, 5.74) is 1.78. The number of benzene rings is 1. The summed E-state index contributed by atoms with van der Waals surface area (Å²) in [7, 11) is 0. The smallest absolute Gasteiger partial charge is 0.272 e. The lowest BCUT2D eigenvalue weighted by Gasteiger charge is -2.03. The molecule has 0 aliphatic rings. The molecule has 0 fully saturated rings. The second kappa shape index (κ2) is 6.29. The molecule has 2 rings (SSSR count). The topological polar surface area (TPSA) is 81.2 Å². The molecule has 1 aromatic carbocycles. The van der Waals surface area contributed by atoms with Gasteiger partial charge in [0.05, 0.1) is 17.2 Å². The first kappa shape index (κ1) is 14.2. The lowest BCUT2D eigenvalue weighted by atomic mass is 10.1. The Morgan fingerprint density at radius 3 is 2.75 bits per heavy atom. The van der Waals surface area contributed by atoms with Gasteiger partial charge in [-0.2, -0.15) is 0 Å². The summed E-state index contributed by atoms with van der Waals surface area (Å²) in [6.07, 6.45) is 0.593. The minimum Gasteiger partial charge on any atom is -0.444 e. The predicted molar refractivity (Wildman–Crippen MR) is 74.5 cm³/mol. The van der Waals surface area contributed by atoms with Crippen LogP contribution in [0.3, 0.4) is 0 Å². The molecular weight excluding hydrogens is 258 g/mol. The fraction of sp³-hybridized carbons (Fsp3) is 0.357. The Balaban J connectivity index is 1.86. The Hall–Kier alpha value is -2.21. The van der Waals surface area contributed by atoms with Gasteiger partial charge in [0.15, 0.2) is 0 Å². The summed E-state index contributed by atoms with van der Waals surface area (Å²) in [6, 6.07) is 6.78. The van der Waals surface area contributed by atoms with Crippen molar-refractivity contribution in [2.75, 3.05) is 6.54 Å². The number of para-hydroxylation sites is 1. The van der Waals surface area contributed by atoms with Crippen molar-refractivity contribution in [3.8, 4) is 0 Å². The van der Waals surface area contributed by atoms with E-state index in [-0.39, 0.29) is 10.6 Å². The van der Waals surface area contributed by atoms with E-state index >= 15 is 0 Å². The summed E-state index contributed by atoms with van der Waals surface area (Å²) in [5, 5.41) is 14.1. The standard InChI is InChI=1S/C14H17N3O3/c1-10-11(2)20-14(16-10)9-15-8-7-12-5-3-4-6-13(12)17(18)19/h3-6,15H,7-9H2,1-2H3. The van der Waals surface area contributed by atoms with Crippen LogP contribution in [0.15, 0.2) is 28.7 Å². The molecule has 1 aromatic heterocycles. The van der Waals surface area contributed by atoms with Crippen LogP contribution >= 0.6 is 0 Å². The Bertz CT molecular complexity index is 588. The number of hydrogen-bond acceptors (Lipinski definition) is 5. The van der Waals surface area contributed by atoms with Crippen LogP contribution in [-0.2, 0) is 13.0 Å². The molecule has 106 valence electrons. The first-order valence-corrected chi connectivity index (χ1v) is 6.44. The zero-order chi connectivity index (χ0) is 14.5. The van der Waals surface area contributed by atoms with E-state index in [0.29, 0.717) is 25.4 Å². The minimum atomic E-state index is -0.351. The number of oxazole rings is 1. The van der Waals surface area contributed by atoms with Crippen LogP contribution in [0.5, 0.6) is 0 Å². The largest absolute Gasteiger partial charge is 0.444 e. The second-order valence-electron chi connectivity index (χ2n) is 4.56. The number of aromatic nitrogens is 1. The number of rotatable bonds is 6. The molecule has 0 aliphatic heterocycles. The maximum absolute atomic E-state index is 10.9. The monoisotopic (exact) mass is 275 g/mol. The summed E-state index contributed by atoms with van der Waals surface area (Å²) in [4.78, 5) is 14.8. The van der Waals surface area contributed by atoms with E-state index in [1.54, 1.807) is 12.1 Å². The summed E-state index contributed by atoms with van der Waals surface area (Å²) >= 11 is 0. The van der Waals surface area contributed by atoms with Crippen molar-refractivity contribution < 1.29 is 9.34 Å². The van der Waals surface area contributed by atoms with Gasteiger partial charge in [0.25, 0.3) is 5.69 Å². The van der Waals surface area contributed by atoms with Gasteiger partial charge >= 0.3 is 0 Å². The van der Waals surface area contributed by atoms with Gasteiger partial charge in [-0.1, -0.05) is 18.2 Å². The molecule has 1 heterocycles. The highest BCUT2D eigenvalue weighted by atomic mass is 16.6. The van der Waals surface area contributed by atoms with E-state index in [0.717, 1.165) is 17.0 Å². The SMILES string of the molecule is Cc1nc(CNCCc2ccccc2[N+](=O)[O-])oc1C. The van der Waals surface area contributed by atoms with Gasteiger partial charge in [0.1, 0.15) is 5.76 Å². The van der Waals surface area contributed by atoms with E-state index < -0.39 is 0 Å². The average Bonchev–Trinajstić information content (AvgIpc) is 2.74. The van der Waals surface area contributed by atoms with Crippen molar-refractivity contribution in [3.05, 3.63) is 57.3 Å². The Morgan fingerprint density at radius 2 is 2.10 bits per heavy atom. The van der Waals surface area contributed by atoms with E-state index in [9.17, 15) is 10.1 Å². The fourth-order valence-corrected chi connectivity index (χ4v) is 1.93. The van der Waals surface area contributed by atoms with Gasteiger partial charge in [0, 0.05) is 11.6 Å². The highest BCUT2D eigenvalue weighted by molar-refractivity contribution is 5.39. The number of aryl methyl sites for hydroxylation is 2. The lowest BCUT2D eigenvalue weighted by molar-refractivity contribution is -0.385. The molecule has 0 spiro atoms. The van der Waals surface area contributed by atoms with Crippen LogP contribution in [0.4, 0.5) is 5.69 Å². The molecule has 0 unspecified atom stereocenters. The summed E-state index contributed by atoms with van der Waals surface area (Å²) < 4.78 is 5.45. The third-order valence-electron chi connectivity index (χ3n) is 3.11. The number of nitrogens with one attached hydrogen (secondary N) is 1. The molecule has 1 N–H and O–H groups in total. The van der Waals surface area contributed by atoms with Crippen molar-refractivity contribution in [2.45, 2.75) is 26.8 Å². The Kier molecular flexibility index (Phi) is 4.47. The quantitative estimate of drug-likeness (QED) is 0.497. The van der Waals surface area contributed by atoms with Crippen LogP contribution in [0.2, 0.25) is 0 Å². The molecule has 2 aromatic rings. The van der Waals surface area contributed by atoms with Crippen molar-refractivity contribution >= 4 is 5.69 Å². The molecule has 6 heteroatoms. The van der Waals surface area contributed by atoms with Gasteiger partial charge in [-0.15, -0.1) is 0 Å². The van der Waals surface area contributed by atoms with Crippen molar-refractivity contribution in [3.63, 3.8) is 0 Å². The van der Waals surface area contributed by atoms with Gasteiger partial charge < -0.3 is 9.73 Å². The van der Waals surface area contributed by atoms with Gasteiger partial charge in [-0.3, -0.25) is 10.1 Å². The van der Waals surface area contributed by atoms with E-state index in [4.69, 9.17) is 4.42 Å². The molecule has 0 bridgehead atoms. The maximum Gasteiger partial charge on any atom is 0.272 e. The first-order valence-electron chi connectivity index (χ1n) is 6.44. The summed E-state index contributed by atoms with van der Waals surface area (Å²) in [5.74, 6) is 1.46. The lowest BCUT2D eigenvalue weighted by Crippen LogP contribution is -2.17. The predicted octanol–water partition coefficient (Wildman–Crippen LogP) is 2.53. The molecule has 0 saturated carbocycles. The van der Waals surface area contributed by atoms with Crippen molar-refractivity contribution in [2.24, 2.45) is 0 Å². The zero-order valence-corrected chi connectivity index (χ0v) is 11.5. The number of nitrogens with zero attached hydrogens (tertiary/aromatic N) is 2. The number of nitro groups is 1. The average molecular weight is 275 g/mol. The second-order valence-corrected chi connectivity index (χ2v) is 4.56. The van der Waals surface area contributed by atoms with E-state index in [1.165, 1.54) is 6.07 Å². The highest BCUT2D eigenvalue weighted by Crippen LogP contribution is 2.17. The number of nitro benzene ring substituents is 1. The molecule has 0 amide bonds. The zero-order valence-electron chi connectivity index (χ0n) is 11.5. The van der Waals surface area contributed by atoms with Gasteiger partial charge in [0.2, 0.25) is 5.89 Å². The van der Waals surface area contributed by atoms with Crippen LogP contribution in [0.1, 0.15) is 22.9 Å². The first-order chi connectivity index (χ1) is 9.58. The molecular formula is C14H17N3O3. The molecule has 20 heavy (non-hydrogen) atoms. The van der Waals surface area contributed by atoms with E-state index in [1.807, 2.05) is 19.9 Å². The van der Waals surface area contributed by atoms with Gasteiger partial charge in [-0.05, 0) is 26.8 Å². The minimum absolute atomic E-state index is 0.164. The normalized spacial score (nSPS) is 10.7. The Labute approximate surface area is 117 Å². The van der Waals surface area contributed by atoms with Crippen LogP contribution in [-0.4, -0.2) is 16.5 Å². The van der Waals surface area contributed by atoms with Crippen LogP contribution in [0.25, 0.3) is 0 Å². The fourth-order valence-electron chi connectivity index (χ4n) is 1.93. The van der Waals surface area contributed by atoms with Crippen LogP contribution < -0.4 is 5.32 Å². The van der Waals surface area contributed by atoms with Gasteiger partial charge in [-0.25, -0.2) is 4.98 Å². The number of hydrogen-bond donors (Lipinski definition) is 1. The van der Waals surface area contributed by atoms with E-state index in [2.05, 4.69) is 10.3 Å².